The lowest BCUT2D eigenvalue weighted by Gasteiger charge is -2.34. The molecule has 0 saturated heterocycles. The molecule has 1 aliphatic heterocycles. The molecular weight excluding hydrogens is 364 g/mol. The third kappa shape index (κ3) is 3.89. The van der Waals surface area contributed by atoms with E-state index in [9.17, 15) is 0 Å². The van der Waals surface area contributed by atoms with Crippen LogP contribution in [0, 0.1) is 0 Å². The summed E-state index contributed by atoms with van der Waals surface area (Å²) in [6, 6.07) is 28.6. The molecule has 0 radical (unpaired) electrons. The van der Waals surface area contributed by atoms with Gasteiger partial charge in [0.05, 0.1) is 35.2 Å². The molecule has 1 atom stereocenters. The molecule has 0 N–H and O–H groups in total. The summed E-state index contributed by atoms with van der Waals surface area (Å²) >= 11 is 0. The number of allylic oxidation sites excluding steroid dienone is 2. The van der Waals surface area contributed by atoms with E-state index in [2.05, 4.69) is 132 Å². The van der Waals surface area contributed by atoms with Gasteiger partial charge in [0.15, 0.2) is 0 Å². The zero-order valence-corrected chi connectivity index (χ0v) is 18.7. The van der Waals surface area contributed by atoms with E-state index in [1.807, 2.05) is 0 Å². The second-order valence-electron chi connectivity index (χ2n) is 9.43. The molecule has 2 nitrogen and oxygen atoms in total. The van der Waals surface area contributed by atoms with Crippen molar-refractivity contribution in [2.75, 3.05) is 35.2 Å². The first kappa shape index (κ1) is 20.3. The topological polar surface area (TPSA) is 0 Å². The minimum absolute atomic E-state index is 0.204. The first-order valence-electron chi connectivity index (χ1n) is 10.6. The smallest absolute Gasteiger partial charge is 0.144 e. The summed E-state index contributed by atoms with van der Waals surface area (Å²) in [5.41, 5.74) is 7.87. The highest BCUT2D eigenvalue weighted by molar-refractivity contribution is 5.73. The molecule has 152 valence electrons. The van der Waals surface area contributed by atoms with Crippen molar-refractivity contribution in [1.29, 1.82) is 0 Å². The summed E-state index contributed by atoms with van der Waals surface area (Å²) in [7, 11) is 11.2. The van der Waals surface area contributed by atoms with Gasteiger partial charge in [-0.05, 0) is 41.5 Å². The summed E-state index contributed by atoms with van der Waals surface area (Å²) in [6.45, 7) is 0. The van der Waals surface area contributed by atoms with Crippen molar-refractivity contribution < 1.29 is 0 Å². The van der Waals surface area contributed by atoms with Crippen LogP contribution >= 0.6 is 0 Å². The number of nitrogens with zero attached hydrogens (tertiary/aromatic N) is 2. The first-order valence-corrected chi connectivity index (χ1v) is 10.6. The van der Waals surface area contributed by atoms with Gasteiger partial charge in [0.25, 0.3) is 0 Å². The molecule has 4 rings (SSSR count). The fourth-order valence-corrected chi connectivity index (χ4v) is 4.22. The van der Waals surface area contributed by atoms with Crippen LogP contribution in [-0.4, -0.2) is 35.2 Å². The standard InChI is InChI=1S/C28H32N2/c1-29(2,3)25-18-15-23(16-19-25)27(22-11-7-6-8-12-22)21-26-20-17-24-13-9-10-14-28(24)30(26,4)5/h6-21,27H,1-5H3/q+2/t27-/m1/s1. The van der Waals surface area contributed by atoms with E-state index in [1.165, 1.54) is 33.8 Å². The Balaban J connectivity index is 1.81. The van der Waals surface area contributed by atoms with E-state index >= 15 is 0 Å². The van der Waals surface area contributed by atoms with Gasteiger partial charge < -0.3 is 0 Å². The fraction of sp³-hybridized carbons (Fsp3) is 0.214. The van der Waals surface area contributed by atoms with E-state index in [4.69, 9.17) is 0 Å². The van der Waals surface area contributed by atoms with Crippen LogP contribution in [0.25, 0.3) is 6.08 Å². The predicted molar refractivity (Wildman–Crippen MR) is 131 cm³/mol. The number of fused-ring (bicyclic) bond motifs is 1. The average molecular weight is 397 g/mol. The van der Waals surface area contributed by atoms with Crippen molar-refractivity contribution in [2.45, 2.75) is 5.92 Å². The zero-order chi connectivity index (χ0) is 21.4. The van der Waals surface area contributed by atoms with Crippen LogP contribution in [0.15, 0.2) is 96.7 Å². The maximum absolute atomic E-state index is 2.43. The van der Waals surface area contributed by atoms with Gasteiger partial charge in [-0.3, -0.25) is 8.97 Å². The van der Waals surface area contributed by atoms with Gasteiger partial charge in [0.1, 0.15) is 17.1 Å². The molecule has 0 aliphatic carbocycles. The molecule has 1 aliphatic rings. The third-order valence-corrected chi connectivity index (χ3v) is 6.14. The van der Waals surface area contributed by atoms with E-state index in [0.717, 1.165) is 8.97 Å². The Morgan fingerprint density at radius 1 is 0.700 bits per heavy atom. The minimum Gasteiger partial charge on any atom is -0.298 e. The SMILES string of the molecule is C[N+](C)(C)c1ccc([C@H](C=C2C=Cc3ccccc3[N+]2(C)C)c2ccccc2)cc1. The number of benzene rings is 3. The Kier molecular flexibility index (Phi) is 5.23. The van der Waals surface area contributed by atoms with Crippen LogP contribution in [0.3, 0.4) is 0 Å². The molecular formula is C28H32N2+2. The molecule has 3 aromatic carbocycles. The van der Waals surface area contributed by atoms with Crippen molar-refractivity contribution in [1.82, 2.24) is 8.97 Å². The fourth-order valence-electron chi connectivity index (χ4n) is 4.22. The average Bonchev–Trinajstić information content (AvgIpc) is 2.73. The molecule has 0 spiro atoms. The third-order valence-electron chi connectivity index (χ3n) is 6.14. The van der Waals surface area contributed by atoms with Crippen molar-refractivity contribution >= 4 is 17.5 Å². The van der Waals surface area contributed by atoms with E-state index in [-0.39, 0.29) is 5.92 Å². The quantitative estimate of drug-likeness (QED) is 0.461. The summed E-state index contributed by atoms with van der Waals surface area (Å²) in [5.74, 6) is 0.204. The summed E-state index contributed by atoms with van der Waals surface area (Å²) in [4.78, 5) is 0. The number of likely N-dealkylation sites (N-methyl/N-ethyl adjacent to an activating group) is 1. The Morgan fingerprint density at radius 3 is 1.97 bits per heavy atom. The Labute approximate surface area is 181 Å². The van der Waals surface area contributed by atoms with Crippen LogP contribution < -0.4 is 8.97 Å². The van der Waals surface area contributed by atoms with Gasteiger partial charge in [-0.25, -0.2) is 0 Å². The Bertz CT molecular complexity index is 1080. The summed E-state index contributed by atoms with van der Waals surface area (Å²) in [6.07, 6.45) is 6.95. The molecule has 0 saturated carbocycles. The highest BCUT2D eigenvalue weighted by atomic mass is 15.3. The van der Waals surface area contributed by atoms with Crippen LogP contribution in [0.2, 0.25) is 0 Å². The van der Waals surface area contributed by atoms with Crippen LogP contribution in [-0.2, 0) is 0 Å². The van der Waals surface area contributed by atoms with Crippen LogP contribution in [0.5, 0.6) is 0 Å². The van der Waals surface area contributed by atoms with Crippen LogP contribution in [0.1, 0.15) is 22.6 Å². The zero-order valence-electron chi connectivity index (χ0n) is 18.7. The van der Waals surface area contributed by atoms with Gasteiger partial charge in [-0.1, -0.05) is 54.6 Å². The molecule has 3 aromatic rings. The number of rotatable bonds is 4. The predicted octanol–water partition coefficient (Wildman–Crippen LogP) is 6.19. The molecule has 0 amide bonds. The van der Waals surface area contributed by atoms with E-state index in [1.54, 1.807) is 0 Å². The maximum Gasteiger partial charge on any atom is 0.144 e. The summed E-state index contributed by atoms with van der Waals surface area (Å²) < 4.78 is 1.56. The van der Waals surface area contributed by atoms with Gasteiger partial charge in [0.2, 0.25) is 0 Å². The largest absolute Gasteiger partial charge is 0.298 e. The number of hydrogen-bond acceptors (Lipinski definition) is 0. The highest BCUT2D eigenvalue weighted by Crippen LogP contribution is 2.37. The molecule has 0 bridgehead atoms. The lowest BCUT2D eigenvalue weighted by molar-refractivity contribution is 0.486. The Hall–Kier alpha value is -2.94. The first-order chi connectivity index (χ1) is 14.3. The highest BCUT2D eigenvalue weighted by Gasteiger charge is 2.30. The lowest BCUT2D eigenvalue weighted by Crippen LogP contribution is -2.40. The molecule has 0 fully saturated rings. The number of para-hydroxylation sites is 1. The van der Waals surface area contributed by atoms with Gasteiger partial charge in [0, 0.05) is 23.6 Å². The number of hydrogen-bond donors (Lipinski definition) is 0. The minimum atomic E-state index is 0.204. The lowest BCUT2D eigenvalue weighted by atomic mass is 9.89. The molecule has 2 heteroatoms. The second kappa shape index (κ2) is 7.71. The van der Waals surface area contributed by atoms with Gasteiger partial charge in [-0.2, -0.15) is 0 Å². The van der Waals surface area contributed by atoms with Crippen molar-refractivity contribution in [3.63, 3.8) is 0 Å². The maximum atomic E-state index is 2.43. The summed E-state index contributed by atoms with van der Waals surface area (Å²) in [5, 5.41) is 0. The number of quaternary nitrogens is 2. The van der Waals surface area contributed by atoms with E-state index in [0.29, 0.717) is 0 Å². The molecule has 0 aromatic heterocycles. The van der Waals surface area contributed by atoms with E-state index < -0.39 is 0 Å². The molecule has 0 unspecified atom stereocenters. The monoisotopic (exact) mass is 396 g/mol. The molecule has 1 heterocycles. The van der Waals surface area contributed by atoms with Crippen LogP contribution in [0.4, 0.5) is 11.4 Å². The Morgan fingerprint density at radius 2 is 1.30 bits per heavy atom. The normalized spacial score (nSPS) is 17.6. The molecule has 30 heavy (non-hydrogen) atoms. The van der Waals surface area contributed by atoms with Crippen molar-refractivity contribution in [3.05, 3.63) is 113 Å². The second-order valence-corrected chi connectivity index (χ2v) is 9.43. The van der Waals surface area contributed by atoms with Crippen molar-refractivity contribution in [2.24, 2.45) is 0 Å². The van der Waals surface area contributed by atoms with Gasteiger partial charge >= 0.3 is 0 Å². The van der Waals surface area contributed by atoms with Crippen molar-refractivity contribution in [3.8, 4) is 0 Å². The van der Waals surface area contributed by atoms with Gasteiger partial charge in [-0.15, -0.1) is 0 Å².